The van der Waals surface area contributed by atoms with Gasteiger partial charge in [0.1, 0.15) is 10.5 Å². The summed E-state index contributed by atoms with van der Waals surface area (Å²) >= 11 is 0. The third-order valence-corrected chi connectivity index (χ3v) is 9.58. The van der Waals surface area contributed by atoms with E-state index in [0.29, 0.717) is 16.7 Å². The Bertz CT molecular complexity index is 1550. The molecule has 0 aliphatic carbocycles. The van der Waals surface area contributed by atoms with Crippen LogP contribution in [0.4, 0.5) is 0 Å². The Labute approximate surface area is 211 Å². The number of rotatable bonds is 7. The number of aryl methyl sites for hydroxylation is 3. The first kappa shape index (κ1) is 26.1. The van der Waals surface area contributed by atoms with Crippen LogP contribution in [0.15, 0.2) is 46.3 Å². The van der Waals surface area contributed by atoms with Gasteiger partial charge in [-0.2, -0.15) is 13.5 Å². The number of carbonyl (C=O) groups is 1. The van der Waals surface area contributed by atoms with E-state index in [-0.39, 0.29) is 45.5 Å². The van der Waals surface area contributed by atoms with Gasteiger partial charge in [0.05, 0.1) is 22.9 Å². The number of methoxy groups -OCH3 is 1. The minimum absolute atomic E-state index is 0.0375. The summed E-state index contributed by atoms with van der Waals surface area (Å²) in [5, 5.41) is 4.15. The topological polar surface area (TPSA) is 122 Å². The fraction of sp³-hybridized carbons (Fsp3) is 0.360. The summed E-state index contributed by atoms with van der Waals surface area (Å²) < 4.78 is 64.0. The zero-order valence-corrected chi connectivity index (χ0v) is 22.4. The molecule has 1 unspecified atom stereocenters. The molecule has 3 aromatic rings. The quantitative estimate of drug-likeness (QED) is 0.334. The summed E-state index contributed by atoms with van der Waals surface area (Å²) in [6.07, 6.45) is 1.07. The summed E-state index contributed by atoms with van der Waals surface area (Å²) in [6, 6.07) is 7.69. The lowest BCUT2D eigenvalue weighted by atomic mass is 9.90. The molecule has 1 aliphatic heterocycles. The zero-order chi connectivity index (χ0) is 26.4. The molecule has 0 radical (unpaired) electrons. The number of carbonyl (C=O) groups excluding carboxylic acids is 1. The average Bonchev–Trinajstić information content (AvgIpc) is 3.22. The van der Waals surface area contributed by atoms with Crippen LogP contribution in [0.2, 0.25) is 0 Å². The van der Waals surface area contributed by atoms with E-state index in [4.69, 9.17) is 8.92 Å². The van der Waals surface area contributed by atoms with E-state index >= 15 is 0 Å². The van der Waals surface area contributed by atoms with Crippen molar-refractivity contribution in [2.45, 2.75) is 56.6 Å². The van der Waals surface area contributed by atoms with Gasteiger partial charge in [-0.1, -0.05) is 17.7 Å². The maximum Gasteiger partial charge on any atom is 0.340 e. The number of fused-ring (bicyclic) bond motifs is 1. The summed E-state index contributed by atoms with van der Waals surface area (Å²) in [7, 11) is -6.26. The predicted octanol–water partition coefficient (Wildman–Crippen LogP) is 3.69. The molecule has 2 heterocycles. The van der Waals surface area contributed by atoms with Crippen LogP contribution in [-0.4, -0.2) is 45.3 Å². The van der Waals surface area contributed by atoms with Crippen LogP contribution in [0, 0.1) is 20.8 Å². The van der Waals surface area contributed by atoms with Crippen LogP contribution < -0.4 is 4.18 Å². The van der Waals surface area contributed by atoms with E-state index in [0.717, 1.165) is 5.56 Å². The van der Waals surface area contributed by atoms with E-state index in [1.54, 1.807) is 32.9 Å². The molecule has 11 heteroatoms. The highest BCUT2D eigenvalue weighted by molar-refractivity contribution is 7.91. The van der Waals surface area contributed by atoms with Crippen molar-refractivity contribution >= 4 is 25.7 Å². The van der Waals surface area contributed by atoms with Crippen molar-refractivity contribution in [2.24, 2.45) is 0 Å². The van der Waals surface area contributed by atoms with Gasteiger partial charge < -0.3 is 8.92 Å². The van der Waals surface area contributed by atoms with Gasteiger partial charge in [-0.25, -0.2) is 13.1 Å². The van der Waals surface area contributed by atoms with Crippen molar-refractivity contribution in [3.63, 3.8) is 0 Å². The van der Waals surface area contributed by atoms with E-state index in [1.807, 2.05) is 6.92 Å². The molecule has 1 aromatic heterocycles. The number of hydrogen-bond acceptors (Lipinski definition) is 8. The molecule has 0 fully saturated rings. The molecule has 0 saturated carbocycles. The van der Waals surface area contributed by atoms with Crippen LogP contribution in [0.1, 0.15) is 57.6 Å². The lowest BCUT2D eigenvalue weighted by Gasteiger charge is -2.28. The summed E-state index contributed by atoms with van der Waals surface area (Å²) in [4.78, 5) is 13.9. The minimum atomic E-state index is -4.24. The van der Waals surface area contributed by atoms with Crippen molar-refractivity contribution in [1.82, 2.24) is 9.78 Å². The van der Waals surface area contributed by atoms with Crippen molar-refractivity contribution < 1.29 is 30.6 Å². The van der Waals surface area contributed by atoms with E-state index < -0.39 is 31.8 Å². The lowest BCUT2D eigenvalue weighted by Crippen LogP contribution is -2.25. The smallest absolute Gasteiger partial charge is 0.340 e. The summed E-state index contributed by atoms with van der Waals surface area (Å²) in [6.45, 7) is 7.15. The normalized spacial score (nSPS) is 17.0. The van der Waals surface area contributed by atoms with Gasteiger partial charge in [-0.05, 0) is 63.4 Å². The SMILES string of the molecule is CCn1ncc(C(=O)c2cc(C)c3c(c2C)C(OC)CCS3(=O)=O)c1OS(=O)(=O)c1ccc(C)cc1. The highest BCUT2D eigenvalue weighted by Crippen LogP contribution is 2.40. The monoisotopic (exact) mass is 532 g/mol. The largest absolute Gasteiger partial charge is 0.377 e. The molecule has 192 valence electrons. The number of hydrogen-bond donors (Lipinski definition) is 0. The van der Waals surface area contributed by atoms with E-state index in [9.17, 15) is 21.6 Å². The van der Waals surface area contributed by atoms with Gasteiger partial charge in [-0.3, -0.25) is 4.79 Å². The number of sulfone groups is 1. The second-order valence-corrected chi connectivity index (χ2v) is 12.4. The standard InChI is InChI=1S/C25H28N2O7S2/c1-6-27-25(34-36(31,32)18-9-7-15(2)8-10-18)20(14-26-27)23(28)19-13-16(3)24-22(17(19)4)21(33-5)11-12-35(24,29)30/h7-10,13-14,21H,6,11-12H2,1-5H3. The molecule has 1 atom stereocenters. The summed E-state index contributed by atoms with van der Waals surface area (Å²) in [5.41, 5.74) is 2.44. The molecule has 9 nitrogen and oxygen atoms in total. The minimum Gasteiger partial charge on any atom is -0.377 e. The van der Waals surface area contributed by atoms with Gasteiger partial charge in [0.2, 0.25) is 5.88 Å². The first-order chi connectivity index (χ1) is 16.9. The molecule has 0 N–H and O–H groups in total. The Balaban J connectivity index is 1.83. The number of nitrogens with zero attached hydrogens (tertiary/aromatic N) is 2. The summed E-state index contributed by atoms with van der Waals surface area (Å²) in [5.74, 6) is -0.761. The fourth-order valence-electron chi connectivity index (χ4n) is 4.54. The second kappa shape index (κ2) is 9.45. The molecule has 2 aromatic carbocycles. The Morgan fingerprint density at radius 1 is 1.14 bits per heavy atom. The molecule has 0 saturated heterocycles. The van der Waals surface area contributed by atoms with Crippen molar-refractivity contribution in [2.75, 3.05) is 12.9 Å². The van der Waals surface area contributed by atoms with Gasteiger partial charge in [-0.15, -0.1) is 0 Å². The molecule has 36 heavy (non-hydrogen) atoms. The Morgan fingerprint density at radius 3 is 2.42 bits per heavy atom. The maximum absolute atomic E-state index is 13.8. The van der Waals surface area contributed by atoms with Crippen molar-refractivity contribution in [1.29, 1.82) is 0 Å². The van der Waals surface area contributed by atoms with Gasteiger partial charge in [0.25, 0.3) is 0 Å². The van der Waals surface area contributed by atoms with Crippen molar-refractivity contribution in [3.05, 3.63) is 69.9 Å². The first-order valence-corrected chi connectivity index (χ1v) is 14.5. The number of aromatic nitrogens is 2. The molecule has 0 spiro atoms. The van der Waals surface area contributed by atoms with E-state index in [1.165, 1.54) is 36.2 Å². The highest BCUT2D eigenvalue weighted by Gasteiger charge is 2.36. The predicted molar refractivity (Wildman–Crippen MR) is 133 cm³/mol. The van der Waals surface area contributed by atoms with Crippen LogP contribution in [-0.2, 0) is 31.2 Å². The van der Waals surface area contributed by atoms with Crippen molar-refractivity contribution in [3.8, 4) is 5.88 Å². The second-order valence-electron chi connectivity index (χ2n) is 8.80. The molecule has 0 amide bonds. The molecule has 1 aliphatic rings. The zero-order valence-electron chi connectivity index (χ0n) is 20.7. The van der Waals surface area contributed by atoms with Crippen LogP contribution in [0.3, 0.4) is 0 Å². The molecular formula is C25H28N2O7S2. The third kappa shape index (κ3) is 4.46. The molecule has 4 rings (SSSR count). The average molecular weight is 533 g/mol. The maximum atomic E-state index is 13.8. The van der Waals surface area contributed by atoms with Crippen LogP contribution >= 0.6 is 0 Å². The Hall–Kier alpha value is -3.02. The number of benzene rings is 2. The number of ether oxygens (including phenoxy) is 1. The third-order valence-electron chi connectivity index (χ3n) is 6.42. The van der Waals surface area contributed by atoms with Gasteiger partial charge in [0.15, 0.2) is 15.6 Å². The lowest BCUT2D eigenvalue weighted by molar-refractivity contribution is 0.0951. The van der Waals surface area contributed by atoms with Crippen LogP contribution in [0.5, 0.6) is 5.88 Å². The number of ketones is 1. The fourth-order valence-corrected chi connectivity index (χ4v) is 7.39. The van der Waals surface area contributed by atoms with E-state index in [2.05, 4.69) is 5.10 Å². The molecular weight excluding hydrogens is 504 g/mol. The van der Waals surface area contributed by atoms with Crippen LogP contribution in [0.25, 0.3) is 0 Å². The Kier molecular flexibility index (Phi) is 6.84. The Morgan fingerprint density at radius 2 is 1.81 bits per heavy atom. The first-order valence-electron chi connectivity index (χ1n) is 11.4. The highest BCUT2D eigenvalue weighted by atomic mass is 32.2. The van der Waals surface area contributed by atoms with Gasteiger partial charge in [0, 0.05) is 24.8 Å². The van der Waals surface area contributed by atoms with Gasteiger partial charge >= 0.3 is 10.1 Å². The molecule has 0 bridgehead atoms.